The summed E-state index contributed by atoms with van der Waals surface area (Å²) in [5, 5.41) is 4.74. The summed E-state index contributed by atoms with van der Waals surface area (Å²) in [4.78, 5) is 42.7. The van der Waals surface area contributed by atoms with E-state index in [1.165, 1.54) is 4.90 Å². The van der Waals surface area contributed by atoms with Gasteiger partial charge < -0.3 is 5.32 Å². The Morgan fingerprint density at radius 3 is 2.58 bits per heavy atom. The van der Waals surface area contributed by atoms with Gasteiger partial charge in [0.2, 0.25) is 17.7 Å². The molecule has 1 aromatic heterocycles. The van der Waals surface area contributed by atoms with Crippen LogP contribution in [0.1, 0.15) is 32.1 Å². The molecule has 3 amide bonds. The van der Waals surface area contributed by atoms with Crippen molar-refractivity contribution in [1.29, 1.82) is 0 Å². The molecular formula is C20H21N3O3. The Morgan fingerprint density at radius 2 is 1.85 bits per heavy atom. The van der Waals surface area contributed by atoms with Crippen molar-refractivity contribution < 1.29 is 14.4 Å². The van der Waals surface area contributed by atoms with Gasteiger partial charge in [-0.05, 0) is 25.0 Å². The lowest BCUT2D eigenvalue weighted by Gasteiger charge is -2.19. The number of hydrogen-bond acceptors (Lipinski definition) is 4. The molecule has 0 unspecified atom stereocenters. The monoisotopic (exact) mass is 351 g/mol. The third-order valence-electron chi connectivity index (χ3n) is 5.45. The van der Waals surface area contributed by atoms with Crippen molar-refractivity contribution >= 4 is 34.2 Å². The number of rotatable bonds is 4. The van der Waals surface area contributed by atoms with Gasteiger partial charge in [0.15, 0.2) is 0 Å². The van der Waals surface area contributed by atoms with Gasteiger partial charge in [-0.25, -0.2) is 0 Å². The smallest absolute Gasteiger partial charge is 0.233 e. The van der Waals surface area contributed by atoms with Gasteiger partial charge in [0, 0.05) is 41.8 Å². The Bertz CT molecular complexity index is 850. The van der Waals surface area contributed by atoms with Gasteiger partial charge in [-0.3, -0.25) is 24.3 Å². The maximum Gasteiger partial charge on any atom is 0.233 e. The zero-order chi connectivity index (χ0) is 18.1. The molecule has 0 bridgehead atoms. The van der Waals surface area contributed by atoms with E-state index >= 15 is 0 Å². The summed E-state index contributed by atoms with van der Waals surface area (Å²) in [5.41, 5.74) is 0.711. The number of fused-ring (bicyclic) bond motifs is 2. The van der Waals surface area contributed by atoms with Crippen LogP contribution in [0.4, 0.5) is 5.69 Å². The predicted molar refractivity (Wildman–Crippen MR) is 97.2 cm³/mol. The van der Waals surface area contributed by atoms with Crippen molar-refractivity contribution in [2.24, 2.45) is 11.8 Å². The lowest BCUT2D eigenvalue weighted by molar-refractivity contribution is -0.140. The summed E-state index contributed by atoms with van der Waals surface area (Å²) in [5.74, 6) is -0.716. The van der Waals surface area contributed by atoms with Crippen LogP contribution in [0.2, 0.25) is 0 Å². The highest BCUT2D eigenvalue weighted by molar-refractivity contribution is 6.06. The Hall–Kier alpha value is -2.76. The quantitative estimate of drug-likeness (QED) is 0.859. The lowest BCUT2D eigenvalue weighted by atomic mass is 9.81. The van der Waals surface area contributed by atoms with E-state index in [-0.39, 0.29) is 42.5 Å². The van der Waals surface area contributed by atoms with E-state index < -0.39 is 0 Å². The molecule has 2 aliphatic rings. The SMILES string of the molecule is O=C(CCN1C(=O)[C@@H]2CCCC[C@H]2C1=O)Nc1cccc2cnccc12. The second kappa shape index (κ2) is 6.86. The summed E-state index contributed by atoms with van der Waals surface area (Å²) in [6, 6.07) is 7.48. The molecule has 1 aromatic carbocycles. The third-order valence-corrected chi connectivity index (χ3v) is 5.45. The summed E-state index contributed by atoms with van der Waals surface area (Å²) in [7, 11) is 0. The first-order valence-electron chi connectivity index (χ1n) is 9.13. The van der Waals surface area contributed by atoms with Crippen molar-refractivity contribution in [3.05, 3.63) is 36.7 Å². The van der Waals surface area contributed by atoms with Crippen LogP contribution in [0.3, 0.4) is 0 Å². The number of anilines is 1. The molecule has 4 rings (SSSR count). The number of pyridine rings is 1. The fraction of sp³-hybridized carbons (Fsp3) is 0.400. The highest BCUT2D eigenvalue weighted by atomic mass is 16.2. The number of nitrogens with zero attached hydrogens (tertiary/aromatic N) is 2. The number of carbonyl (C=O) groups excluding carboxylic acids is 3. The first-order chi connectivity index (χ1) is 12.6. The number of aromatic nitrogens is 1. The van der Waals surface area contributed by atoms with Gasteiger partial charge in [0.05, 0.1) is 11.8 Å². The third kappa shape index (κ3) is 2.96. The van der Waals surface area contributed by atoms with E-state index in [1.807, 2.05) is 24.3 Å². The van der Waals surface area contributed by atoms with Gasteiger partial charge in [0.25, 0.3) is 0 Å². The minimum Gasteiger partial charge on any atom is -0.325 e. The molecular weight excluding hydrogens is 330 g/mol. The Morgan fingerprint density at radius 1 is 1.12 bits per heavy atom. The van der Waals surface area contributed by atoms with Crippen LogP contribution in [-0.2, 0) is 14.4 Å². The number of carbonyl (C=O) groups is 3. The summed E-state index contributed by atoms with van der Waals surface area (Å²) in [6.45, 7) is 0.156. The molecule has 0 radical (unpaired) electrons. The van der Waals surface area contributed by atoms with Gasteiger partial charge in [0.1, 0.15) is 0 Å². The molecule has 2 atom stereocenters. The lowest BCUT2D eigenvalue weighted by Crippen LogP contribution is -2.34. The Labute approximate surface area is 151 Å². The van der Waals surface area contributed by atoms with E-state index in [1.54, 1.807) is 12.4 Å². The minimum absolute atomic E-state index is 0.0938. The number of benzene rings is 1. The van der Waals surface area contributed by atoms with Gasteiger partial charge in [-0.1, -0.05) is 25.0 Å². The van der Waals surface area contributed by atoms with E-state index in [4.69, 9.17) is 0 Å². The minimum atomic E-state index is -0.204. The maximum absolute atomic E-state index is 12.5. The molecule has 2 heterocycles. The van der Waals surface area contributed by atoms with Crippen LogP contribution in [-0.4, -0.2) is 34.2 Å². The zero-order valence-electron chi connectivity index (χ0n) is 14.5. The van der Waals surface area contributed by atoms with Crippen molar-refractivity contribution in [2.75, 3.05) is 11.9 Å². The molecule has 1 aliphatic heterocycles. The molecule has 6 nitrogen and oxygen atoms in total. The van der Waals surface area contributed by atoms with Crippen molar-refractivity contribution in [2.45, 2.75) is 32.1 Å². The molecule has 1 saturated carbocycles. The van der Waals surface area contributed by atoms with Gasteiger partial charge in [-0.15, -0.1) is 0 Å². The molecule has 1 N–H and O–H groups in total. The van der Waals surface area contributed by atoms with Crippen LogP contribution in [0.15, 0.2) is 36.7 Å². The predicted octanol–water partition coefficient (Wildman–Crippen LogP) is 2.74. The second-order valence-corrected chi connectivity index (χ2v) is 7.03. The van der Waals surface area contributed by atoms with E-state index in [0.29, 0.717) is 5.69 Å². The molecule has 2 aromatic rings. The van der Waals surface area contributed by atoms with Crippen molar-refractivity contribution in [3.8, 4) is 0 Å². The first-order valence-corrected chi connectivity index (χ1v) is 9.13. The molecule has 26 heavy (non-hydrogen) atoms. The Balaban J connectivity index is 1.41. The molecule has 134 valence electrons. The number of nitrogens with one attached hydrogen (secondary N) is 1. The van der Waals surface area contributed by atoms with Crippen LogP contribution >= 0.6 is 0 Å². The fourth-order valence-electron chi connectivity index (χ4n) is 4.11. The average molecular weight is 351 g/mol. The average Bonchev–Trinajstić information content (AvgIpc) is 2.91. The second-order valence-electron chi connectivity index (χ2n) is 7.03. The zero-order valence-corrected chi connectivity index (χ0v) is 14.5. The number of hydrogen-bond donors (Lipinski definition) is 1. The maximum atomic E-state index is 12.5. The van der Waals surface area contributed by atoms with Crippen LogP contribution < -0.4 is 5.32 Å². The largest absolute Gasteiger partial charge is 0.325 e. The normalized spacial score (nSPS) is 22.5. The Kier molecular flexibility index (Phi) is 4.41. The van der Waals surface area contributed by atoms with Crippen molar-refractivity contribution in [3.63, 3.8) is 0 Å². The number of amides is 3. The van der Waals surface area contributed by atoms with Gasteiger partial charge in [-0.2, -0.15) is 0 Å². The van der Waals surface area contributed by atoms with Crippen LogP contribution in [0.25, 0.3) is 10.8 Å². The highest BCUT2D eigenvalue weighted by Crippen LogP contribution is 2.38. The van der Waals surface area contributed by atoms with E-state index in [9.17, 15) is 14.4 Å². The summed E-state index contributed by atoms with van der Waals surface area (Å²) < 4.78 is 0. The summed E-state index contributed by atoms with van der Waals surface area (Å²) >= 11 is 0. The molecule has 6 heteroatoms. The molecule has 2 fully saturated rings. The number of imide groups is 1. The highest BCUT2D eigenvalue weighted by Gasteiger charge is 2.47. The fourth-order valence-corrected chi connectivity index (χ4v) is 4.11. The van der Waals surface area contributed by atoms with Crippen LogP contribution in [0, 0.1) is 11.8 Å². The van der Waals surface area contributed by atoms with Crippen molar-refractivity contribution in [1.82, 2.24) is 9.88 Å². The molecule has 1 aliphatic carbocycles. The topological polar surface area (TPSA) is 79.4 Å². The first kappa shape index (κ1) is 16.7. The molecule has 0 spiro atoms. The van der Waals surface area contributed by atoms with Gasteiger partial charge >= 0.3 is 0 Å². The van der Waals surface area contributed by atoms with E-state index in [0.717, 1.165) is 36.5 Å². The summed E-state index contributed by atoms with van der Waals surface area (Å²) in [6.07, 6.45) is 7.13. The standard InChI is InChI=1S/C20H21N3O3/c24-18(22-17-7-3-4-13-12-21-10-8-14(13)17)9-11-23-19(25)15-5-1-2-6-16(15)20(23)26/h3-4,7-8,10,12,15-16H,1-2,5-6,9,11H2,(H,22,24)/t15-,16-/m1/s1. The van der Waals surface area contributed by atoms with E-state index in [2.05, 4.69) is 10.3 Å². The molecule has 1 saturated heterocycles. The number of likely N-dealkylation sites (tertiary alicyclic amines) is 1. The van der Waals surface area contributed by atoms with Crippen LogP contribution in [0.5, 0.6) is 0 Å².